The molecule has 156 valence electrons. The number of hydrogen-bond donors (Lipinski definition) is 0. The summed E-state index contributed by atoms with van der Waals surface area (Å²) in [5.74, 6) is 0.358. The van der Waals surface area contributed by atoms with Crippen LogP contribution in [0.5, 0.6) is 17.2 Å². The van der Waals surface area contributed by atoms with Gasteiger partial charge in [-0.1, -0.05) is 16.8 Å². The minimum absolute atomic E-state index is 0.0114. The number of nitro groups is 1. The molecule has 3 aromatic rings. The highest BCUT2D eigenvalue weighted by Crippen LogP contribution is 2.38. The van der Waals surface area contributed by atoms with E-state index in [0.29, 0.717) is 17.0 Å². The molecule has 0 fully saturated rings. The Balaban J connectivity index is 1.80. The zero-order valence-corrected chi connectivity index (χ0v) is 17.1. The van der Waals surface area contributed by atoms with Crippen LogP contribution in [-0.4, -0.2) is 23.2 Å². The Hall–Kier alpha value is -3.59. The molecule has 10 heteroatoms. The van der Waals surface area contributed by atoms with Crippen LogP contribution < -0.4 is 9.47 Å². The Morgan fingerprint density at radius 2 is 1.90 bits per heavy atom. The molecule has 0 radical (unpaired) electrons. The lowest BCUT2D eigenvalue weighted by Gasteiger charge is -2.12. The fraction of sp³-hybridized carbons (Fsp3) is 0.200. The third kappa shape index (κ3) is 4.52. The first-order valence-electron chi connectivity index (χ1n) is 8.69. The van der Waals surface area contributed by atoms with Crippen molar-refractivity contribution in [2.45, 2.75) is 20.5 Å². The molecule has 0 saturated carbocycles. The number of nitrogens with zero attached hydrogens (tertiary/aromatic N) is 2. The Morgan fingerprint density at radius 3 is 2.53 bits per heavy atom. The standard InChI is InChI=1S/C20H17ClN2O7/c1-11-15(12(2)30-22-11)10-28-20(24)13-4-6-18(19(8-13)27-3)29-17-7-5-14(21)9-16(17)23(25)26/h4-9H,10H2,1-3H3. The molecule has 0 spiro atoms. The Morgan fingerprint density at radius 1 is 1.17 bits per heavy atom. The van der Waals surface area contributed by atoms with E-state index < -0.39 is 10.9 Å². The Labute approximate surface area is 176 Å². The van der Waals surface area contributed by atoms with Gasteiger partial charge < -0.3 is 18.7 Å². The number of benzene rings is 2. The van der Waals surface area contributed by atoms with E-state index in [2.05, 4.69) is 5.16 Å². The molecular formula is C20H17ClN2O7. The highest BCUT2D eigenvalue weighted by atomic mass is 35.5. The van der Waals surface area contributed by atoms with Crippen molar-refractivity contribution in [2.24, 2.45) is 0 Å². The first kappa shape index (κ1) is 21.1. The van der Waals surface area contributed by atoms with Crippen LogP contribution in [0.1, 0.15) is 27.4 Å². The predicted octanol–water partition coefficient (Wildman–Crippen LogP) is 5.01. The largest absolute Gasteiger partial charge is 0.493 e. The van der Waals surface area contributed by atoms with Crippen LogP contribution in [0, 0.1) is 24.0 Å². The summed E-state index contributed by atoms with van der Waals surface area (Å²) in [6.45, 7) is 3.50. The van der Waals surface area contributed by atoms with Crippen molar-refractivity contribution in [2.75, 3.05) is 7.11 Å². The van der Waals surface area contributed by atoms with Gasteiger partial charge in [-0.15, -0.1) is 0 Å². The quantitative estimate of drug-likeness (QED) is 0.290. The fourth-order valence-electron chi connectivity index (χ4n) is 2.65. The maximum Gasteiger partial charge on any atom is 0.338 e. The van der Waals surface area contributed by atoms with Crippen LogP contribution in [0.3, 0.4) is 0 Å². The second kappa shape index (κ2) is 8.83. The molecule has 2 aromatic carbocycles. The highest BCUT2D eigenvalue weighted by molar-refractivity contribution is 6.30. The van der Waals surface area contributed by atoms with E-state index in [-0.39, 0.29) is 40.1 Å². The third-order valence-corrected chi connectivity index (χ3v) is 4.50. The molecule has 0 saturated heterocycles. The van der Waals surface area contributed by atoms with Crippen molar-refractivity contribution in [1.82, 2.24) is 5.16 Å². The van der Waals surface area contributed by atoms with Gasteiger partial charge in [0.15, 0.2) is 11.5 Å². The van der Waals surface area contributed by atoms with Gasteiger partial charge in [-0.25, -0.2) is 4.79 Å². The van der Waals surface area contributed by atoms with Gasteiger partial charge in [-0.2, -0.15) is 0 Å². The van der Waals surface area contributed by atoms with E-state index in [1.54, 1.807) is 13.8 Å². The van der Waals surface area contributed by atoms with Crippen LogP contribution in [0.2, 0.25) is 5.02 Å². The smallest absolute Gasteiger partial charge is 0.338 e. The van der Waals surface area contributed by atoms with E-state index in [9.17, 15) is 14.9 Å². The maximum absolute atomic E-state index is 12.4. The van der Waals surface area contributed by atoms with E-state index in [1.165, 1.54) is 43.5 Å². The van der Waals surface area contributed by atoms with Gasteiger partial charge in [-0.3, -0.25) is 10.1 Å². The van der Waals surface area contributed by atoms with E-state index in [4.69, 9.17) is 30.3 Å². The second-order valence-corrected chi connectivity index (χ2v) is 6.65. The van der Waals surface area contributed by atoms with Crippen LogP contribution in [-0.2, 0) is 11.3 Å². The number of ether oxygens (including phenoxy) is 3. The van der Waals surface area contributed by atoms with Gasteiger partial charge in [0.1, 0.15) is 12.4 Å². The van der Waals surface area contributed by atoms with Gasteiger partial charge in [0.05, 0.1) is 28.9 Å². The third-order valence-electron chi connectivity index (χ3n) is 4.27. The van der Waals surface area contributed by atoms with Gasteiger partial charge in [0.2, 0.25) is 5.75 Å². The number of esters is 1. The maximum atomic E-state index is 12.4. The number of aromatic nitrogens is 1. The Bertz CT molecular complexity index is 1090. The molecule has 0 bridgehead atoms. The predicted molar refractivity (Wildman–Crippen MR) is 106 cm³/mol. The first-order valence-corrected chi connectivity index (χ1v) is 9.06. The Kier molecular flexibility index (Phi) is 6.22. The monoisotopic (exact) mass is 432 g/mol. The molecule has 0 atom stereocenters. The minimum Gasteiger partial charge on any atom is -0.493 e. The topological polar surface area (TPSA) is 114 Å². The number of methoxy groups -OCH3 is 1. The van der Waals surface area contributed by atoms with Crippen LogP contribution in [0.25, 0.3) is 0 Å². The molecule has 0 aliphatic carbocycles. The van der Waals surface area contributed by atoms with Crippen LogP contribution in [0.15, 0.2) is 40.9 Å². The average Bonchev–Trinajstić information content (AvgIpc) is 3.05. The molecule has 9 nitrogen and oxygen atoms in total. The highest BCUT2D eigenvalue weighted by Gasteiger charge is 2.20. The first-order chi connectivity index (χ1) is 14.3. The van der Waals surface area contributed by atoms with Crippen molar-refractivity contribution in [1.29, 1.82) is 0 Å². The SMILES string of the molecule is COc1cc(C(=O)OCc2c(C)noc2C)ccc1Oc1ccc(Cl)cc1[N+](=O)[O-]. The lowest BCUT2D eigenvalue weighted by Crippen LogP contribution is -2.06. The summed E-state index contributed by atoms with van der Waals surface area (Å²) in [6.07, 6.45) is 0. The summed E-state index contributed by atoms with van der Waals surface area (Å²) in [6, 6.07) is 8.39. The summed E-state index contributed by atoms with van der Waals surface area (Å²) in [5, 5.41) is 15.3. The number of aryl methyl sites for hydroxylation is 2. The number of rotatable bonds is 7. The van der Waals surface area contributed by atoms with Crippen molar-refractivity contribution in [3.8, 4) is 17.2 Å². The molecule has 0 unspecified atom stereocenters. The molecule has 1 heterocycles. The minimum atomic E-state index is -0.603. The summed E-state index contributed by atoms with van der Waals surface area (Å²) in [4.78, 5) is 23.0. The number of hydrogen-bond acceptors (Lipinski definition) is 8. The van der Waals surface area contributed by atoms with Crippen LogP contribution in [0.4, 0.5) is 5.69 Å². The lowest BCUT2D eigenvalue weighted by molar-refractivity contribution is -0.385. The molecule has 0 aliphatic heterocycles. The van der Waals surface area contributed by atoms with Gasteiger partial charge in [-0.05, 0) is 44.2 Å². The molecule has 0 amide bonds. The van der Waals surface area contributed by atoms with Gasteiger partial charge in [0.25, 0.3) is 0 Å². The van der Waals surface area contributed by atoms with Crippen LogP contribution >= 0.6 is 11.6 Å². The molecule has 30 heavy (non-hydrogen) atoms. The molecule has 0 N–H and O–H groups in total. The number of nitro benzene ring substituents is 1. The number of halogens is 1. The van der Waals surface area contributed by atoms with Gasteiger partial charge in [0, 0.05) is 11.1 Å². The normalized spacial score (nSPS) is 10.5. The summed E-state index contributed by atoms with van der Waals surface area (Å²) < 4.78 is 21.3. The summed E-state index contributed by atoms with van der Waals surface area (Å²) in [7, 11) is 1.39. The zero-order chi connectivity index (χ0) is 21.8. The molecule has 0 aliphatic rings. The van der Waals surface area contributed by atoms with Crippen molar-refractivity contribution in [3.05, 3.63) is 74.1 Å². The number of carbonyl (C=O) groups excluding carboxylic acids is 1. The summed E-state index contributed by atoms with van der Waals surface area (Å²) >= 11 is 5.82. The summed E-state index contributed by atoms with van der Waals surface area (Å²) in [5.41, 5.74) is 1.26. The van der Waals surface area contributed by atoms with E-state index in [0.717, 1.165) is 0 Å². The zero-order valence-electron chi connectivity index (χ0n) is 16.3. The van der Waals surface area contributed by atoms with E-state index >= 15 is 0 Å². The average molecular weight is 433 g/mol. The van der Waals surface area contributed by atoms with Crippen molar-refractivity contribution >= 4 is 23.3 Å². The molecule has 3 rings (SSSR count). The second-order valence-electron chi connectivity index (χ2n) is 6.22. The molecular weight excluding hydrogens is 416 g/mol. The van der Waals surface area contributed by atoms with E-state index in [1.807, 2.05) is 0 Å². The lowest BCUT2D eigenvalue weighted by atomic mass is 10.2. The molecule has 1 aromatic heterocycles. The van der Waals surface area contributed by atoms with Crippen molar-refractivity contribution < 1.29 is 28.5 Å². The van der Waals surface area contributed by atoms with Gasteiger partial charge >= 0.3 is 11.7 Å². The van der Waals surface area contributed by atoms with Crippen molar-refractivity contribution in [3.63, 3.8) is 0 Å². The number of carbonyl (C=O) groups is 1. The fourth-order valence-corrected chi connectivity index (χ4v) is 2.81.